The molecule has 7 nitrogen and oxygen atoms in total. The van der Waals surface area contributed by atoms with E-state index in [1.807, 2.05) is 39.0 Å². The van der Waals surface area contributed by atoms with Crippen molar-refractivity contribution in [2.24, 2.45) is 5.92 Å². The normalized spacial score (nSPS) is 15.0. The number of aromatic nitrogens is 1. The van der Waals surface area contributed by atoms with Gasteiger partial charge in [-0.1, -0.05) is 32.0 Å². The van der Waals surface area contributed by atoms with Crippen LogP contribution in [0.25, 0.3) is 11.0 Å². The number of thiazole rings is 1. The summed E-state index contributed by atoms with van der Waals surface area (Å²) in [4.78, 5) is 34.8. The van der Waals surface area contributed by atoms with E-state index in [2.05, 4.69) is 18.8 Å². The molecular formula is C29H30N2O5S. The van der Waals surface area contributed by atoms with Crippen LogP contribution in [0.15, 0.2) is 51.7 Å². The van der Waals surface area contributed by atoms with E-state index in [1.165, 1.54) is 11.3 Å². The van der Waals surface area contributed by atoms with Gasteiger partial charge in [0.2, 0.25) is 5.76 Å². The lowest BCUT2D eigenvalue weighted by Gasteiger charge is -2.23. The number of nitrogens with zero attached hydrogens (tertiary/aromatic N) is 2. The first-order valence-electron chi connectivity index (χ1n) is 12.5. The highest BCUT2D eigenvalue weighted by Crippen LogP contribution is 2.44. The molecule has 0 aliphatic carbocycles. The molecule has 1 atom stereocenters. The van der Waals surface area contributed by atoms with Crippen LogP contribution < -0.4 is 19.8 Å². The largest absolute Gasteiger partial charge is 0.490 e. The molecule has 0 saturated carbocycles. The van der Waals surface area contributed by atoms with Gasteiger partial charge in [-0.15, -0.1) is 11.3 Å². The van der Waals surface area contributed by atoms with E-state index < -0.39 is 6.04 Å². The van der Waals surface area contributed by atoms with E-state index in [-0.39, 0.29) is 17.1 Å². The van der Waals surface area contributed by atoms with Crippen LogP contribution in [0, 0.1) is 19.8 Å². The molecule has 37 heavy (non-hydrogen) atoms. The second-order valence-corrected chi connectivity index (χ2v) is 10.7. The Morgan fingerprint density at radius 2 is 1.86 bits per heavy atom. The molecule has 3 heterocycles. The Labute approximate surface area is 219 Å². The Bertz CT molecular complexity index is 1520. The zero-order valence-electron chi connectivity index (χ0n) is 21.7. The number of hydrogen-bond donors (Lipinski definition) is 0. The smallest absolute Gasteiger partial charge is 0.297 e. The molecule has 0 N–H and O–H groups in total. The van der Waals surface area contributed by atoms with Crippen LogP contribution in [-0.2, 0) is 0 Å². The standard InChI is InChI=1S/C29H30N2O5S/c1-6-34-23-15-19(11-12-22(23)35-14-13-16(2)3)25-24-26(32)20-9-7-8-10-21(20)36-27(24)28(33)31(25)29-30-17(4)18(5)37-29/h7-12,15-16,25H,6,13-14H2,1-5H3/t25-/m0/s1. The van der Waals surface area contributed by atoms with Crippen molar-refractivity contribution in [3.05, 3.63) is 80.1 Å². The molecule has 5 rings (SSSR count). The number of aryl methyl sites for hydroxylation is 2. The summed E-state index contributed by atoms with van der Waals surface area (Å²) in [5, 5.41) is 0.959. The average molecular weight is 519 g/mol. The van der Waals surface area contributed by atoms with Crippen molar-refractivity contribution in [3.63, 3.8) is 0 Å². The Hall–Kier alpha value is -3.65. The lowest BCUT2D eigenvalue weighted by molar-refractivity contribution is 0.0971. The van der Waals surface area contributed by atoms with Crippen molar-refractivity contribution >= 4 is 33.3 Å². The van der Waals surface area contributed by atoms with E-state index in [0.717, 1.165) is 22.6 Å². The SMILES string of the molecule is CCOc1cc([C@H]2c3c(oc4ccccc4c3=O)C(=O)N2c2nc(C)c(C)s2)ccc1OCCC(C)C. The van der Waals surface area contributed by atoms with E-state index in [0.29, 0.717) is 52.3 Å². The molecule has 0 bridgehead atoms. The molecule has 2 aromatic heterocycles. The van der Waals surface area contributed by atoms with Gasteiger partial charge in [-0.2, -0.15) is 0 Å². The van der Waals surface area contributed by atoms with Gasteiger partial charge in [0.05, 0.1) is 35.9 Å². The minimum Gasteiger partial charge on any atom is -0.490 e. The molecule has 4 aromatic rings. The maximum absolute atomic E-state index is 13.8. The van der Waals surface area contributed by atoms with E-state index in [4.69, 9.17) is 13.9 Å². The molecule has 1 amide bonds. The van der Waals surface area contributed by atoms with Crippen molar-refractivity contribution in [2.75, 3.05) is 18.1 Å². The molecule has 0 radical (unpaired) electrons. The fourth-order valence-electron chi connectivity index (χ4n) is 4.48. The molecule has 1 aliphatic rings. The highest BCUT2D eigenvalue weighted by Gasteiger charge is 2.45. The van der Waals surface area contributed by atoms with Crippen LogP contribution in [0.3, 0.4) is 0 Å². The third kappa shape index (κ3) is 4.50. The number of ether oxygens (including phenoxy) is 2. The lowest BCUT2D eigenvalue weighted by Crippen LogP contribution is -2.29. The summed E-state index contributed by atoms with van der Waals surface area (Å²) >= 11 is 1.42. The number of amides is 1. The summed E-state index contributed by atoms with van der Waals surface area (Å²) in [7, 11) is 0. The summed E-state index contributed by atoms with van der Waals surface area (Å²) in [5.41, 5.74) is 2.04. The third-order valence-electron chi connectivity index (χ3n) is 6.54. The summed E-state index contributed by atoms with van der Waals surface area (Å²) in [6.07, 6.45) is 0.919. The van der Waals surface area contributed by atoms with E-state index >= 15 is 0 Å². The van der Waals surface area contributed by atoms with Gasteiger partial charge in [-0.05, 0) is 62.9 Å². The number of fused-ring (bicyclic) bond motifs is 2. The van der Waals surface area contributed by atoms with Gasteiger partial charge in [0.25, 0.3) is 5.91 Å². The Balaban J connectivity index is 1.68. The second-order valence-electron chi connectivity index (χ2n) is 9.56. The minimum atomic E-state index is -0.711. The summed E-state index contributed by atoms with van der Waals surface area (Å²) in [6.45, 7) is 11.1. The molecule has 0 saturated heterocycles. The number of carbonyl (C=O) groups excluding carboxylic acids is 1. The molecule has 192 valence electrons. The second kappa shape index (κ2) is 10.0. The number of para-hydroxylation sites is 1. The van der Waals surface area contributed by atoms with E-state index in [1.54, 1.807) is 29.2 Å². The van der Waals surface area contributed by atoms with Crippen molar-refractivity contribution in [3.8, 4) is 11.5 Å². The lowest BCUT2D eigenvalue weighted by atomic mass is 9.98. The van der Waals surface area contributed by atoms with Crippen molar-refractivity contribution in [1.29, 1.82) is 0 Å². The van der Waals surface area contributed by atoms with Gasteiger partial charge in [0.15, 0.2) is 22.1 Å². The molecule has 0 spiro atoms. The van der Waals surface area contributed by atoms with Gasteiger partial charge in [-0.3, -0.25) is 14.5 Å². The third-order valence-corrected chi connectivity index (χ3v) is 7.61. The highest BCUT2D eigenvalue weighted by atomic mass is 32.1. The first-order chi connectivity index (χ1) is 17.8. The van der Waals surface area contributed by atoms with Crippen LogP contribution >= 0.6 is 11.3 Å². The molecule has 8 heteroatoms. The van der Waals surface area contributed by atoms with E-state index in [9.17, 15) is 9.59 Å². The molecule has 0 unspecified atom stereocenters. The zero-order chi connectivity index (χ0) is 26.3. The maximum atomic E-state index is 13.8. The number of anilines is 1. The summed E-state index contributed by atoms with van der Waals surface area (Å²) < 4.78 is 18.0. The van der Waals surface area contributed by atoms with Crippen LogP contribution in [0.5, 0.6) is 11.5 Å². The van der Waals surface area contributed by atoms with Gasteiger partial charge >= 0.3 is 0 Å². The monoisotopic (exact) mass is 518 g/mol. The van der Waals surface area contributed by atoms with Gasteiger partial charge in [0.1, 0.15) is 5.58 Å². The Morgan fingerprint density at radius 3 is 2.57 bits per heavy atom. The van der Waals surface area contributed by atoms with Crippen LogP contribution in [-0.4, -0.2) is 24.1 Å². The van der Waals surface area contributed by atoms with Crippen LogP contribution in [0.1, 0.15) is 65.5 Å². The highest BCUT2D eigenvalue weighted by molar-refractivity contribution is 7.15. The van der Waals surface area contributed by atoms with Gasteiger partial charge in [0, 0.05) is 4.88 Å². The fraction of sp³-hybridized carbons (Fsp3) is 0.345. The number of carbonyl (C=O) groups is 1. The first kappa shape index (κ1) is 25.0. The van der Waals surface area contributed by atoms with Crippen molar-refractivity contribution in [2.45, 2.75) is 47.1 Å². The first-order valence-corrected chi connectivity index (χ1v) is 13.3. The Kier molecular flexibility index (Phi) is 6.77. The fourth-order valence-corrected chi connectivity index (χ4v) is 5.41. The van der Waals surface area contributed by atoms with Crippen LogP contribution in [0.4, 0.5) is 5.13 Å². The summed E-state index contributed by atoms with van der Waals surface area (Å²) in [5.74, 6) is 1.39. The topological polar surface area (TPSA) is 81.9 Å². The predicted octanol–water partition coefficient (Wildman–Crippen LogP) is 6.44. The Morgan fingerprint density at radius 1 is 1.08 bits per heavy atom. The molecular weight excluding hydrogens is 488 g/mol. The quantitative estimate of drug-likeness (QED) is 0.267. The number of hydrogen-bond acceptors (Lipinski definition) is 7. The molecule has 2 aromatic carbocycles. The molecule has 0 fully saturated rings. The predicted molar refractivity (Wildman–Crippen MR) is 145 cm³/mol. The zero-order valence-corrected chi connectivity index (χ0v) is 22.5. The molecule has 1 aliphatic heterocycles. The van der Waals surface area contributed by atoms with Gasteiger partial charge in [-0.25, -0.2) is 4.98 Å². The van der Waals surface area contributed by atoms with Crippen molar-refractivity contribution < 1.29 is 18.7 Å². The average Bonchev–Trinajstić information content (AvgIpc) is 3.35. The summed E-state index contributed by atoms with van der Waals surface area (Å²) in [6, 6.07) is 11.9. The van der Waals surface area contributed by atoms with Gasteiger partial charge < -0.3 is 13.9 Å². The maximum Gasteiger partial charge on any atom is 0.297 e. The minimum absolute atomic E-state index is 0.0504. The number of rotatable bonds is 8. The van der Waals surface area contributed by atoms with Crippen LogP contribution in [0.2, 0.25) is 0 Å². The van der Waals surface area contributed by atoms with Crippen molar-refractivity contribution in [1.82, 2.24) is 4.98 Å². The number of benzene rings is 2.